The van der Waals surface area contributed by atoms with Crippen LogP contribution in [0.2, 0.25) is 0 Å². The van der Waals surface area contributed by atoms with Gasteiger partial charge in [-0.3, -0.25) is 15.6 Å². The van der Waals surface area contributed by atoms with Gasteiger partial charge >= 0.3 is 0 Å². The zero-order valence-corrected chi connectivity index (χ0v) is 14.9. The minimum atomic E-state index is -0.301. The number of ether oxygens (including phenoxy) is 1. The Morgan fingerprint density at radius 2 is 2.12 bits per heavy atom. The standard InChI is InChI=1S/C16H14IN5O2/c1-24-14-7-8-18-16(19-14)21-20-15(23)13-6-3-9-22(13)12-5-2-4-11(17)10-12/h2-10H,1H3,(H,20,23)(H,18,19,21). The molecule has 2 heterocycles. The predicted octanol–water partition coefficient (Wildman–Crippen LogP) is 2.64. The molecule has 0 saturated heterocycles. The number of benzene rings is 1. The average molecular weight is 435 g/mol. The van der Waals surface area contributed by atoms with Crippen LogP contribution < -0.4 is 15.6 Å². The van der Waals surface area contributed by atoms with Crippen LogP contribution in [0.1, 0.15) is 10.5 Å². The topological polar surface area (TPSA) is 81.1 Å². The van der Waals surface area contributed by atoms with Gasteiger partial charge in [-0.05, 0) is 52.9 Å². The summed E-state index contributed by atoms with van der Waals surface area (Å²) in [6, 6.07) is 13.1. The molecule has 0 saturated carbocycles. The van der Waals surface area contributed by atoms with Gasteiger partial charge in [-0.1, -0.05) is 6.07 Å². The monoisotopic (exact) mass is 435 g/mol. The van der Waals surface area contributed by atoms with Crippen LogP contribution in [-0.4, -0.2) is 27.6 Å². The van der Waals surface area contributed by atoms with E-state index in [0.717, 1.165) is 9.26 Å². The van der Waals surface area contributed by atoms with Gasteiger partial charge in [-0.25, -0.2) is 4.98 Å². The molecule has 8 heteroatoms. The SMILES string of the molecule is COc1ccnc(NNC(=O)c2cccn2-c2cccc(I)c2)n1. The molecular formula is C16H14IN5O2. The molecule has 0 aliphatic heterocycles. The Morgan fingerprint density at radius 1 is 1.25 bits per heavy atom. The van der Waals surface area contributed by atoms with Crippen LogP contribution in [0.5, 0.6) is 5.88 Å². The smallest absolute Gasteiger partial charge is 0.286 e. The largest absolute Gasteiger partial charge is 0.481 e. The summed E-state index contributed by atoms with van der Waals surface area (Å²) in [5.41, 5.74) is 6.67. The van der Waals surface area contributed by atoms with Gasteiger partial charge < -0.3 is 9.30 Å². The summed E-state index contributed by atoms with van der Waals surface area (Å²) in [4.78, 5) is 20.5. The van der Waals surface area contributed by atoms with Crippen LogP contribution in [0.4, 0.5) is 5.95 Å². The number of anilines is 1. The van der Waals surface area contributed by atoms with E-state index in [1.54, 1.807) is 12.1 Å². The molecular weight excluding hydrogens is 421 g/mol. The summed E-state index contributed by atoms with van der Waals surface area (Å²) in [7, 11) is 1.51. The fourth-order valence-corrected chi connectivity index (χ4v) is 2.64. The minimum absolute atomic E-state index is 0.245. The molecule has 0 atom stereocenters. The van der Waals surface area contributed by atoms with E-state index in [1.807, 2.05) is 41.1 Å². The highest BCUT2D eigenvalue weighted by Gasteiger charge is 2.12. The number of hydrogen-bond donors (Lipinski definition) is 2. The first kappa shape index (κ1) is 16.2. The number of rotatable bonds is 5. The number of carbonyl (C=O) groups is 1. The quantitative estimate of drug-likeness (QED) is 0.476. The maximum Gasteiger partial charge on any atom is 0.286 e. The Labute approximate surface area is 152 Å². The van der Waals surface area contributed by atoms with E-state index in [1.165, 1.54) is 13.3 Å². The molecule has 3 rings (SSSR count). The van der Waals surface area contributed by atoms with Crippen molar-refractivity contribution >= 4 is 34.4 Å². The molecule has 3 aromatic rings. The highest BCUT2D eigenvalue weighted by atomic mass is 127. The molecule has 0 fully saturated rings. The highest BCUT2D eigenvalue weighted by Crippen LogP contribution is 2.16. The molecule has 2 N–H and O–H groups in total. The maximum absolute atomic E-state index is 12.4. The molecule has 24 heavy (non-hydrogen) atoms. The third-order valence-corrected chi connectivity index (χ3v) is 3.87. The maximum atomic E-state index is 12.4. The van der Waals surface area contributed by atoms with E-state index in [0.29, 0.717) is 11.6 Å². The van der Waals surface area contributed by atoms with Crippen molar-refractivity contribution in [3.05, 3.63) is 64.1 Å². The van der Waals surface area contributed by atoms with E-state index in [9.17, 15) is 4.79 Å². The lowest BCUT2D eigenvalue weighted by molar-refractivity contribution is 0.0955. The van der Waals surface area contributed by atoms with Crippen molar-refractivity contribution in [3.63, 3.8) is 0 Å². The van der Waals surface area contributed by atoms with Gasteiger partial charge in [-0.2, -0.15) is 4.98 Å². The summed E-state index contributed by atoms with van der Waals surface area (Å²) in [5, 5.41) is 0. The lowest BCUT2D eigenvalue weighted by Crippen LogP contribution is -2.31. The second kappa shape index (κ2) is 7.30. The lowest BCUT2D eigenvalue weighted by Gasteiger charge is -2.11. The molecule has 1 amide bonds. The van der Waals surface area contributed by atoms with Crippen molar-refractivity contribution in [2.45, 2.75) is 0 Å². The normalized spacial score (nSPS) is 10.2. The second-order valence-electron chi connectivity index (χ2n) is 4.75. The highest BCUT2D eigenvalue weighted by molar-refractivity contribution is 14.1. The van der Waals surface area contributed by atoms with Crippen LogP contribution in [0.3, 0.4) is 0 Å². The van der Waals surface area contributed by atoms with E-state index >= 15 is 0 Å². The number of nitrogens with zero attached hydrogens (tertiary/aromatic N) is 3. The lowest BCUT2D eigenvalue weighted by atomic mass is 10.3. The number of nitrogens with one attached hydrogen (secondary N) is 2. The summed E-state index contributed by atoms with van der Waals surface area (Å²) >= 11 is 2.24. The number of halogens is 1. The zero-order chi connectivity index (χ0) is 16.9. The first-order chi connectivity index (χ1) is 11.7. The minimum Gasteiger partial charge on any atom is -0.481 e. The Balaban J connectivity index is 1.75. The van der Waals surface area contributed by atoms with Crippen LogP contribution >= 0.6 is 22.6 Å². The van der Waals surface area contributed by atoms with Crippen molar-refractivity contribution in [1.29, 1.82) is 0 Å². The van der Waals surface area contributed by atoms with E-state index in [2.05, 4.69) is 43.4 Å². The second-order valence-corrected chi connectivity index (χ2v) is 5.99. The van der Waals surface area contributed by atoms with Crippen molar-refractivity contribution in [2.24, 2.45) is 0 Å². The molecule has 0 aliphatic rings. The molecule has 122 valence electrons. The van der Waals surface area contributed by atoms with Crippen LogP contribution in [0.15, 0.2) is 54.9 Å². The number of amides is 1. The van der Waals surface area contributed by atoms with E-state index in [-0.39, 0.29) is 11.9 Å². The Bertz CT molecular complexity index is 865. The molecule has 7 nitrogen and oxygen atoms in total. The van der Waals surface area contributed by atoms with Gasteiger partial charge in [0.1, 0.15) is 5.69 Å². The Morgan fingerprint density at radius 3 is 2.92 bits per heavy atom. The fourth-order valence-electron chi connectivity index (χ4n) is 2.11. The van der Waals surface area contributed by atoms with Crippen LogP contribution in [0.25, 0.3) is 5.69 Å². The third kappa shape index (κ3) is 3.65. The summed E-state index contributed by atoms with van der Waals surface area (Å²) in [5.74, 6) is 0.351. The Hall–Kier alpha value is -2.62. The number of aromatic nitrogens is 3. The van der Waals surface area contributed by atoms with Gasteiger partial charge in [0.05, 0.1) is 7.11 Å². The van der Waals surface area contributed by atoms with E-state index in [4.69, 9.17) is 4.74 Å². The number of hydrazine groups is 1. The summed E-state index contributed by atoms with van der Waals surface area (Å²) < 4.78 is 7.92. The molecule has 0 bridgehead atoms. The first-order valence-electron chi connectivity index (χ1n) is 7.04. The molecule has 0 spiro atoms. The number of hydrogen-bond acceptors (Lipinski definition) is 5. The van der Waals surface area contributed by atoms with Gasteiger partial charge in [-0.15, -0.1) is 0 Å². The van der Waals surface area contributed by atoms with Crippen molar-refractivity contribution in [2.75, 3.05) is 12.5 Å². The van der Waals surface area contributed by atoms with Crippen molar-refractivity contribution < 1.29 is 9.53 Å². The molecule has 0 unspecified atom stereocenters. The average Bonchev–Trinajstić information content (AvgIpc) is 3.10. The first-order valence-corrected chi connectivity index (χ1v) is 8.12. The predicted molar refractivity (Wildman–Crippen MR) is 98.2 cm³/mol. The third-order valence-electron chi connectivity index (χ3n) is 3.19. The number of methoxy groups -OCH3 is 1. The molecule has 2 aromatic heterocycles. The van der Waals surface area contributed by atoms with Gasteiger partial charge in [0.15, 0.2) is 0 Å². The van der Waals surface area contributed by atoms with Gasteiger partial charge in [0.25, 0.3) is 5.91 Å². The summed E-state index contributed by atoms with van der Waals surface area (Å²) in [6.45, 7) is 0. The fraction of sp³-hybridized carbons (Fsp3) is 0.0625. The zero-order valence-electron chi connectivity index (χ0n) is 12.7. The van der Waals surface area contributed by atoms with Gasteiger partial charge in [0.2, 0.25) is 11.8 Å². The Kier molecular flexibility index (Phi) is 4.94. The molecule has 0 aliphatic carbocycles. The van der Waals surface area contributed by atoms with Crippen LogP contribution in [0, 0.1) is 3.57 Å². The van der Waals surface area contributed by atoms with E-state index < -0.39 is 0 Å². The summed E-state index contributed by atoms with van der Waals surface area (Å²) in [6.07, 6.45) is 3.37. The molecule has 0 radical (unpaired) electrons. The van der Waals surface area contributed by atoms with Crippen molar-refractivity contribution in [3.8, 4) is 11.6 Å². The van der Waals surface area contributed by atoms with Crippen molar-refractivity contribution in [1.82, 2.24) is 20.0 Å². The number of carbonyl (C=O) groups excluding carboxylic acids is 1. The molecule has 1 aromatic carbocycles. The van der Waals surface area contributed by atoms with Crippen LogP contribution in [-0.2, 0) is 0 Å². The van der Waals surface area contributed by atoms with Gasteiger partial charge in [0, 0.05) is 27.7 Å².